The molecule has 3 nitrogen and oxygen atoms in total. The highest BCUT2D eigenvalue weighted by Crippen LogP contribution is 2.33. The highest BCUT2D eigenvalue weighted by atomic mass is 32.1. The molecule has 0 atom stereocenters. The Balaban J connectivity index is 2.15. The van der Waals surface area contributed by atoms with E-state index < -0.39 is 0 Å². The molecule has 0 aliphatic carbocycles. The molecule has 0 saturated heterocycles. The van der Waals surface area contributed by atoms with Crippen molar-refractivity contribution in [1.29, 1.82) is 0 Å². The molecule has 1 aromatic heterocycles. The van der Waals surface area contributed by atoms with Crippen molar-refractivity contribution in [3.63, 3.8) is 0 Å². The van der Waals surface area contributed by atoms with Crippen molar-refractivity contribution in [2.45, 2.75) is 20.1 Å². The number of benzene rings is 1. The number of hydrogen-bond acceptors (Lipinski definition) is 4. The Morgan fingerprint density at radius 2 is 2.05 bits per heavy atom. The summed E-state index contributed by atoms with van der Waals surface area (Å²) in [6.07, 6.45) is 0. The van der Waals surface area contributed by atoms with Crippen LogP contribution in [0, 0.1) is 5.82 Å². The molecule has 0 fully saturated rings. The van der Waals surface area contributed by atoms with Gasteiger partial charge >= 0.3 is 0 Å². The van der Waals surface area contributed by atoms with Gasteiger partial charge in [0.15, 0.2) is 0 Å². The number of rotatable bonds is 7. The van der Waals surface area contributed by atoms with E-state index in [1.54, 1.807) is 6.07 Å². The van der Waals surface area contributed by atoms with Gasteiger partial charge in [0.25, 0.3) is 0 Å². The molecule has 1 aromatic carbocycles. The number of halogens is 1. The van der Waals surface area contributed by atoms with Crippen LogP contribution in [-0.4, -0.2) is 19.8 Å². The number of hydrogen-bond donors (Lipinski definition) is 1. The van der Waals surface area contributed by atoms with Gasteiger partial charge in [0.2, 0.25) is 0 Å². The van der Waals surface area contributed by atoms with Crippen LogP contribution in [0.3, 0.4) is 0 Å². The standard InChI is InChI=1S/C14H18FNO2S/c1-2-17-6-7-18-9-10-13(8-16)19-12-5-3-4-11(15)14(10)12/h3-5H,2,6-9,16H2,1H3. The van der Waals surface area contributed by atoms with Gasteiger partial charge in [-0.15, -0.1) is 11.3 Å². The summed E-state index contributed by atoms with van der Waals surface area (Å²) in [5.74, 6) is -0.211. The maximum atomic E-state index is 13.9. The Kier molecular flexibility index (Phi) is 5.27. The lowest BCUT2D eigenvalue weighted by Gasteiger charge is -2.06. The van der Waals surface area contributed by atoms with E-state index in [0.717, 1.165) is 15.1 Å². The summed E-state index contributed by atoms with van der Waals surface area (Å²) in [6.45, 7) is 4.45. The molecule has 2 rings (SSSR count). The first-order chi connectivity index (χ1) is 9.27. The molecule has 0 amide bonds. The van der Waals surface area contributed by atoms with Gasteiger partial charge in [0.1, 0.15) is 5.82 Å². The van der Waals surface area contributed by atoms with E-state index in [4.69, 9.17) is 15.2 Å². The molecule has 0 aliphatic heterocycles. The quantitative estimate of drug-likeness (QED) is 0.794. The minimum absolute atomic E-state index is 0.211. The Morgan fingerprint density at radius 1 is 1.26 bits per heavy atom. The van der Waals surface area contributed by atoms with Crippen molar-refractivity contribution < 1.29 is 13.9 Å². The Labute approximate surface area is 116 Å². The molecule has 0 unspecified atom stereocenters. The van der Waals surface area contributed by atoms with Gasteiger partial charge in [0, 0.05) is 33.7 Å². The van der Waals surface area contributed by atoms with E-state index in [-0.39, 0.29) is 5.82 Å². The lowest BCUT2D eigenvalue weighted by atomic mass is 10.1. The van der Waals surface area contributed by atoms with Gasteiger partial charge in [-0.1, -0.05) is 6.07 Å². The van der Waals surface area contributed by atoms with Crippen LogP contribution in [0.2, 0.25) is 0 Å². The lowest BCUT2D eigenvalue weighted by molar-refractivity contribution is 0.0455. The van der Waals surface area contributed by atoms with Crippen molar-refractivity contribution in [1.82, 2.24) is 0 Å². The molecule has 0 bridgehead atoms. The molecule has 2 aromatic rings. The monoisotopic (exact) mass is 283 g/mol. The predicted octanol–water partition coefficient (Wildman–Crippen LogP) is 3.05. The topological polar surface area (TPSA) is 44.5 Å². The molecule has 0 spiro atoms. The van der Waals surface area contributed by atoms with Crippen molar-refractivity contribution in [2.75, 3.05) is 19.8 Å². The smallest absolute Gasteiger partial charge is 0.132 e. The first-order valence-corrected chi connectivity index (χ1v) is 7.13. The molecule has 5 heteroatoms. The zero-order valence-corrected chi connectivity index (χ0v) is 11.8. The van der Waals surface area contributed by atoms with Crippen molar-refractivity contribution in [3.05, 3.63) is 34.5 Å². The van der Waals surface area contributed by atoms with E-state index in [2.05, 4.69) is 0 Å². The minimum Gasteiger partial charge on any atom is -0.379 e. The van der Waals surface area contributed by atoms with Gasteiger partial charge in [-0.25, -0.2) is 4.39 Å². The molecule has 19 heavy (non-hydrogen) atoms. The van der Waals surface area contributed by atoms with Gasteiger partial charge in [-0.2, -0.15) is 0 Å². The van der Waals surface area contributed by atoms with Crippen LogP contribution in [0.5, 0.6) is 0 Å². The van der Waals surface area contributed by atoms with Crippen LogP contribution in [0.25, 0.3) is 10.1 Å². The lowest BCUT2D eigenvalue weighted by Crippen LogP contribution is -2.06. The van der Waals surface area contributed by atoms with Gasteiger partial charge in [-0.3, -0.25) is 0 Å². The number of nitrogens with two attached hydrogens (primary N) is 1. The Morgan fingerprint density at radius 3 is 2.79 bits per heavy atom. The third-order valence-electron chi connectivity index (χ3n) is 2.85. The van der Waals surface area contributed by atoms with Crippen LogP contribution < -0.4 is 5.73 Å². The largest absolute Gasteiger partial charge is 0.379 e. The van der Waals surface area contributed by atoms with Crippen LogP contribution in [-0.2, 0) is 22.6 Å². The zero-order valence-electron chi connectivity index (χ0n) is 10.9. The van der Waals surface area contributed by atoms with Crippen LogP contribution >= 0.6 is 11.3 Å². The van der Waals surface area contributed by atoms with E-state index >= 15 is 0 Å². The summed E-state index contributed by atoms with van der Waals surface area (Å²) >= 11 is 1.53. The average molecular weight is 283 g/mol. The van der Waals surface area contributed by atoms with Gasteiger partial charge in [0.05, 0.1) is 19.8 Å². The van der Waals surface area contributed by atoms with Crippen LogP contribution in [0.15, 0.2) is 18.2 Å². The molecule has 104 valence electrons. The predicted molar refractivity (Wildman–Crippen MR) is 75.8 cm³/mol. The molecular formula is C14H18FNO2S. The Bertz CT molecular complexity index is 541. The molecular weight excluding hydrogens is 265 g/mol. The van der Waals surface area contributed by atoms with Crippen LogP contribution in [0.4, 0.5) is 4.39 Å². The van der Waals surface area contributed by atoms with E-state index in [1.165, 1.54) is 17.4 Å². The summed E-state index contributed by atoms with van der Waals surface area (Å²) in [7, 11) is 0. The fraction of sp³-hybridized carbons (Fsp3) is 0.429. The first kappa shape index (κ1) is 14.4. The average Bonchev–Trinajstić information content (AvgIpc) is 2.78. The van der Waals surface area contributed by atoms with Crippen molar-refractivity contribution in [2.24, 2.45) is 5.73 Å². The zero-order chi connectivity index (χ0) is 13.7. The fourth-order valence-electron chi connectivity index (χ4n) is 1.97. The van der Waals surface area contributed by atoms with E-state index in [0.29, 0.717) is 38.4 Å². The van der Waals surface area contributed by atoms with Crippen LogP contribution in [0.1, 0.15) is 17.4 Å². The molecule has 2 N–H and O–H groups in total. The number of ether oxygens (including phenoxy) is 2. The summed E-state index contributed by atoms with van der Waals surface area (Å²) < 4.78 is 25.6. The van der Waals surface area contributed by atoms with E-state index in [1.807, 2.05) is 13.0 Å². The SMILES string of the molecule is CCOCCOCc1c(CN)sc2cccc(F)c12. The second kappa shape index (κ2) is 6.96. The molecule has 0 aliphatic rings. The molecule has 1 heterocycles. The number of thiophene rings is 1. The fourth-order valence-corrected chi connectivity index (χ4v) is 3.07. The first-order valence-electron chi connectivity index (χ1n) is 6.32. The Hall–Kier alpha value is -1.01. The third kappa shape index (κ3) is 3.30. The molecule has 0 saturated carbocycles. The minimum atomic E-state index is -0.211. The summed E-state index contributed by atoms with van der Waals surface area (Å²) in [5, 5.41) is 0.643. The summed E-state index contributed by atoms with van der Waals surface area (Å²) in [5.41, 5.74) is 6.60. The van der Waals surface area contributed by atoms with Crippen molar-refractivity contribution >= 4 is 21.4 Å². The van der Waals surface area contributed by atoms with Crippen molar-refractivity contribution in [3.8, 4) is 0 Å². The summed E-state index contributed by atoms with van der Waals surface area (Å²) in [6, 6.07) is 5.10. The van der Waals surface area contributed by atoms with E-state index in [9.17, 15) is 4.39 Å². The number of fused-ring (bicyclic) bond motifs is 1. The normalized spacial score (nSPS) is 11.3. The second-order valence-electron chi connectivity index (χ2n) is 4.07. The molecule has 0 radical (unpaired) electrons. The highest BCUT2D eigenvalue weighted by Gasteiger charge is 2.14. The highest BCUT2D eigenvalue weighted by molar-refractivity contribution is 7.19. The van der Waals surface area contributed by atoms with Gasteiger partial charge < -0.3 is 15.2 Å². The maximum Gasteiger partial charge on any atom is 0.132 e. The summed E-state index contributed by atoms with van der Waals surface area (Å²) in [4.78, 5) is 0.983. The third-order valence-corrected chi connectivity index (χ3v) is 4.07. The van der Waals surface area contributed by atoms with Gasteiger partial charge in [-0.05, 0) is 19.1 Å². The second-order valence-corrected chi connectivity index (χ2v) is 5.21. The maximum absolute atomic E-state index is 13.9.